The van der Waals surface area contributed by atoms with Crippen LogP contribution in [-0.2, 0) is 14.4 Å². The van der Waals surface area contributed by atoms with Crippen LogP contribution in [0.3, 0.4) is 0 Å². The van der Waals surface area contributed by atoms with Crippen molar-refractivity contribution in [1.82, 2.24) is 5.01 Å². The summed E-state index contributed by atoms with van der Waals surface area (Å²) in [7, 11) is 2.99. The molecule has 1 atom stereocenters. The average molecular weight is 409 g/mol. The zero-order chi connectivity index (χ0) is 21.8. The summed E-state index contributed by atoms with van der Waals surface area (Å²) < 4.78 is 10.7. The monoisotopic (exact) mass is 409 g/mol. The average Bonchev–Trinajstić information content (AvgIpc) is 2.83. The van der Waals surface area contributed by atoms with Crippen LogP contribution in [-0.4, -0.2) is 42.7 Å². The number of amides is 3. The Labute approximate surface area is 174 Å². The van der Waals surface area contributed by atoms with Crippen molar-refractivity contribution < 1.29 is 23.9 Å². The number of para-hydroxylation sites is 1. The molecule has 8 heteroatoms. The molecule has 2 aromatic carbocycles. The predicted molar refractivity (Wildman–Crippen MR) is 112 cm³/mol. The number of carbonyl (C=O) groups excluding carboxylic acids is 3. The minimum absolute atomic E-state index is 0.164. The van der Waals surface area contributed by atoms with Crippen LogP contribution >= 0.6 is 0 Å². The molecule has 30 heavy (non-hydrogen) atoms. The number of carbonyl (C=O) groups is 3. The third kappa shape index (κ3) is 4.17. The quantitative estimate of drug-likeness (QED) is 0.819. The third-order valence-electron chi connectivity index (χ3n) is 4.82. The lowest BCUT2D eigenvalue weighted by molar-refractivity contribution is -0.145. The van der Waals surface area contributed by atoms with Gasteiger partial charge in [-0.05, 0) is 36.8 Å². The minimum Gasteiger partial charge on any atom is -0.493 e. The molecule has 1 aliphatic heterocycles. The minimum atomic E-state index is -0.923. The van der Waals surface area contributed by atoms with Crippen LogP contribution < -0.4 is 14.8 Å². The Balaban J connectivity index is 2.05. The molecule has 0 radical (unpaired) electrons. The molecular weight excluding hydrogens is 386 g/mol. The highest BCUT2D eigenvalue weighted by molar-refractivity contribution is 6.09. The number of hydrazone groups is 1. The molecule has 3 amide bonds. The normalized spacial score (nSPS) is 15.6. The van der Waals surface area contributed by atoms with Crippen LogP contribution in [0.4, 0.5) is 5.69 Å². The highest BCUT2D eigenvalue weighted by Gasteiger charge is 2.36. The van der Waals surface area contributed by atoms with E-state index < -0.39 is 17.7 Å². The van der Waals surface area contributed by atoms with E-state index in [1.54, 1.807) is 43.3 Å². The van der Waals surface area contributed by atoms with E-state index in [1.165, 1.54) is 21.1 Å². The summed E-state index contributed by atoms with van der Waals surface area (Å²) in [5.41, 5.74) is 2.24. The molecule has 0 aromatic heterocycles. The molecule has 0 saturated carbocycles. The molecule has 8 nitrogen and oxygen atoms in total. The fourth-order valence-corrected chi connectivity index (χ4v) is 3.37. The molecule has 0 spiro atoms. The number of ether oxygens (including phenoxy) is 2. The van der Waals surface area contributed by atoms with E-state index in [0.29, 0.717) is 34.0 Å². The Bertz CT molecular complexity index is 1020. The van der Waals surface area contributed by atoms with Crippen LogP contribution in [0.2, 0.25) is 0 Å². The van der Waals surface area contributed by atoms with Crippen LogP contribution in [0.1, 0.15) is 37.3 Å². The molecule has 3 rings (SSSR count). The maximum absolute atomic E-state index is 13.2. The number of benzene rings is 2. The van der Waals surface area contributed by atoms with Crippen molar-refractivity contribution in [3.8, 4) is 11.5 Å². The molecule has 1 heterocycles. The lowest BCUT2D eigenvalue weighted by atomic mass is 9.88. The molecule has 2 aromatic rings. The number of fused-ring (bicyclic) bond motifs is 1. The standard InChI is InChI=1S/C22H23N3O5/c1-13-16-10-19(29-3)20(30-4)11-17(16)18(22(28)25(24-13)14(2)26)12-21(27)23-15-8-6-5-7-9-15/h5-11,18H,12H2,1-4H3,(H,23,27). The lowest BCUT2D eigenvalue weighted by Gasteiger charge is -2.21. The summed E-state index contributed by atoms with van der Waals surface area (Å²) in [6.45, 7) is 2.95. The Morgan fingerprint density at radius 2 is 1.73 bits per heavy atom. The van der Waals surface area contributed by atoms with E-state index in [4.69, 9.17) is 9.47 Å². The van der Waals surface area contributed by atoms with Crippen molar-refractivity contribution in [3.63, 3.8) is 0 Å². The number of nitrogens with one attached hydrogen (secondary N) is 1. The van der Waals surface area contributed by atoms with Crippen molar-refractivity contribution in [2.45, 2.75) is 26.2 Å². The second-order valence-corrected chi connectivity index (χ2v) is 6.82. The fourth-order valence-electron chi connectivity index (χ4n) is 3.37. The van der Waals surface area contributed by atoms with Gasteiger partial charge in [0, 0.05) is 24.6 Å². The molecule has 1 unspecified atom stereocenters. The van der Waals surface area contributed by atoms with Gasteiger partial charge in [0.15, 0.2) is 11.5 Å². The van der Waals surface area contributed by atoms with Crippen molar-refractivity contribution in [2.24, 2.45) is 5.10 Å². The molecule has 1 N–H and O–H groups in total. The van der Waals surface area contributed by atoms with E-state index in [-0.39, 0.29) is 12.3 Å². The van der Waals surface area contributed by atoms with E-state index >= 15 is 0 Å². The van der Waals surface area contributed by atoms with Crippen LogP contribution in [0.15, 0.2) is 47.6 Å². The SMILES string of the molecule is COc1cc2c(cc1OC)C(CC(=O)Nc1ccccc1)C(=O)N(C(C)=O)N=C2C. The van der Waals surface area contributed by atoms with Gasteiger partial charge in [0.1, 0.15) is 0 Å². The maximum Gasteiger partial charge on any atom is 0.257 e. The summed E-state index contributed by atoms with van der Waals surface area (Å²) in [4.78, 5) is 38.0. The number of rotatable bonds is 5. The summed E-state index contributed by atoms with van der Waals surface area (Å²) in [6.07, 6.45) is -0.164. The Hall–Kier alpha value is -3.68. The molecule has 156 valence electrons. The zero-order valence-corrected chi connectivity index (χ0v) is 17.3. The van der Waals surface area contributed by atoms with E-state index in [9.17, 15) is 14.4 Å². The van der Waals surface area contributed by atoms with Gasteiger partial charge in [-0.15, -0.1) is 0 Å². The predicted octanol–water partition coefficient (Wildman–Crippen LogP) is 2.93. The molecular formula is C22H23N3O5. The fraction of sp³-hybridized carbons (Fsp3) is 0.273. The largest absolute Gasteiger partial charge is 0.493 e. The van der Waals surface area contributed by atoms with Crippen LogP contribution in [0.25, 0.3) is 0 Å². The van der Waals surface area contributed by atoms with Crippen LogP contribution in [0, 0.1) is 0 Å². The second kappa shape index (κ2) is 8.77. The summed E-state index contributed by atoms with van der Waals surface area (Å²) in [6, 6.07) is 12.3. The van der Waals surface area contributed by atoms with Gasteiger partial charge in [-0.1, -0.05) is 18.2 Å². The topological polar surface area (TPSA) is 97.3 Å². The summed E-state index contributed by atoms with van der Waals surface area (Å²) in [5.74, 6) is -1.50. The van der Waals surface area contributed by atoms with Crippen molar-refractivity contribution >= 4 is 29.1 Å². The van der Waals surface area contributed by atoms with E-state index in [2.05, 4.69) is 10.4 Å². The molecule has 0 saturated heterocycles. The number of methoxy groups -OCH3 is 2. The van der Waals surface area contributed by atoms with Gasteiger partial charge in [-0.2, -0.15) is 10.1 Å². The van der Waals surface area contributed by atoms with Gasteiger partial charge in [0.05, 0.1) is 25.8 Å². The summed E-state index contributed by atoms with van der Waals surface area (Å²) >= 11 is 0. The first-order chi connectivity index (χ1) is 14.3. The highest BCUT2D eigenvalue weighted by Crippen LogP contribution is 2.38. The highest BCUT2D eigenvalue weighted by atomic mass is 16.5. The first kappa shape index (κ1) is 21.0. The molecule has 0 bridgehead atoms. The van der Waals surface area contributed by atoms with Crippen molar-refractivity contribution in [2.75, 3.05) is 19.5 Å². The van der Waals surface area contributed by atoms with Gasteiger partial charge in [0.2, 0.25) is 11.8 Å². The van der Waals surface area contributed by atoms with Gasteiger partial charge >= 0.3 is 0 Å². The van der Waals surface area contributed by atoms with Gasteiger partial charge in [-0.3, -0.25) is 14.4 Å². The number of imide groups is 1. The Morgan fingerprint density at radius 1 is 1.10 bits per heavy atom. The number of nitrogens with zero attached hydrogens (tertiary/aromatic N) is 2. The maximum atomic E-state index is 13.2. The van der Waals surface area contributed by atoms with Crippen molar-refractivity contribution in [1.29, 1.82) is 0 Å². The Morgan fingerprint density at radius 3 is 2.33 bits per heavy atom. The molecule has 0 fully saturated rings. The lowest BCUT2D eigenvalue weighted by Crippen LogP contribution is -2.35. The second-order valence-electron chi connectivity index (χ2n) is 6.82. The number of anilines is 1. The smallest absolute Gasteiger partial charge is 0.257 e. The zero-order valence-electron chi connectivity index (χ0n) is 17.3. The molecule has 1 aliphatic rings. The number of hydrogen-bond donors (Lipinski definition) is 1. The summed E-state index contributed by atoms with van der Waals surface area (Å²) in [5, 5.41) is 7.79. The number of hydrogen-bond acceptors (Lipinski definition) is 6. The first-order valence-corrected chi connectivity index (χ1v) is 9.36. The third-order valence-corrected chi connectivity index (χ3v) is 4.82. The van der Waals surface area contributed by atoms with Gasteiger partial charge in [0.25, 0.3) is 5.91 Å². The van der Waals surface area contributed by atoms with Crippen LogP contribution in [0.5, 0.6) is 11.5 Å². The first-order valence-electron chi connectivity index (χ1n) is 9.36. The van der Waals surface area contributed by atoms with E-state index in [1.807, 2.05) is 6.07 Å². The molecule has 0 aliphatic carbocycles. The van der Waals surface area contributed by atoms with Crippen molar-refractivity contribution in [3.05, 3.63) is 53.6 Å². The van der Waals surface area contributed by atoms with E-state index in [0.717, 1.165) is 5.01 Å². The Kier molecular flexibility index (Phi) is 6.15. The van der Waals surface area contributed by atoms with Gasteiger partial charge in [-0.25, -0.2) is 0 Å². The van der Waals surface area contributed by atoms with Gasteiger partial charge < -0.3 is 14.8 Å².